The third kappa shape index (κ3) is 4.33. The maximum atomic E-state index is 12.8. The van der Waals surface area contributed by atoms with Gasteiger partial charge >= 0.3 is 0 Å². The molecule has 2 N–H and O–H groups in total. The zero-order chi connectivity index (χ0) is 18.5. The molecule has 0 saturated carbocycles. The Kier molecular flexibility index (Phi) is 5.74. The maximum Gasteiger partial charge on any atom is 0.228 e. The molecule has 1 aliphatic rings. The quantitative estimate of drug-likeness (QED) is 0.761. The van der Waals surface area contributed by atoms with Crippen LogP contribution in [-0.4, -0.2) is 11.8 Å². The van der Waals surface area contributed by atoms with Gasteiger partial charge in [0.05, 0.1) is 22.5 Å². The molecule has 2 atom stereocenters. The van der Waals surface area contributed by atoms with E-state index < -0.39 is 11.8 Å². The standard InChI is InChI=1S/C21H21ClN2O2/c1-14-7-6-8-15(13-14)23-20(25)16-9-2-3-10-17(16)21(26)24-19-12-5-4-11-18(19)22/h2-8,11-13,16-17H,9-10H2,1H3,(H,23,25)(H,24,26). The third-order valence-corrected chi connectivity index (χ3v) is 4.85. The zero-order valence-corrected chi connectivity index (χ0v) is 15.3. The number of aryl methyl sites for hydroxylation is 1. The van der Waals surface area contributed by atoms with Gasteiger partial charge in [0.15, 0.2) is 0 Å². The van der Waals surface area contributed by atoms with Crippen molar-refractivity contribution in [3.63, 3.8) is 0 Å². The molecule has 0 aliphatic heterocycles. The van der Waals surface area contributed by atoms with Crippen molar-refractivity contribution in [3.05, 3.63) is 71.3 Å². The Labute approximate surface area is 158 Å². The van der Waals surface area contributed by atoms with Crippen LogP contribution in [0, 0.1) is 18.8 Å². The lowest BCUT2D eigenvalue weighted by atomic mass is 9.81. The van der Waals surface area contributed by atoms with Crippen LogP contribution in [0.25, 0.3) is 0 Å². The Bertz CT molecular complexity index is 847. The minimum absolute atomic E-state index is 0.140. The summed E-state index contributed by atoms with van der Waals surface area (Å²) in [5, 5.41) is 6.27. The third-order valence-electron chi connectivity index (χ3n) is 4.52. The molecule has 1 aliphatic carbocycles. The van der Waals surface area contributed by atoms with Crippen LogP contribution < -0.4 is 10.6 Å². The van der Waals surface area contributed by atoms with Gasteiger partial charge in [-0.2, -0.15) is 0 Å². The highest BCUT2D eigenvalue weighted by atomic mass is 35.5. The lowest BCUT2D eigenvalue weighted by Gasteiger charge is -2.27. The maximum absolute atomic E-state index is 12.8. The van der Waals surface area contributed by atoms with Gasteiger partial charge in [-0.05, 0) is 49.6 Å². The first-order valence-electron chi connectivity index (χ1n) is 8.62. The lowest BCUT2D eigenvalue weighted by Crippen LogP contribution is -2.37. The van der Waals surface area contributed by atoms with Gasteiger partial charge in [0.1, 0.15) is 0 Å². The van der Waals surface area contributed by atoms with Crippen molar-refractivity contribution in [2.45, 2.75) is 19.8 Å². The molecule has 2 unspecified atom stereocenters. The number of carbonyl (C=O) groups is 2. The van der Waals surface area contributed by atoms with Crippen molar-refractivity contribution in [1.82, 2.24) is 0 Å². The van der Waals surface area contributed by atoms with Gasteiger partial charge in [0.25, 0.3) is 0 Å². The fourth-order valence-corrected chi connectivity index (χ4v) is 3.32. The number of rotatable bonds is 4. The van der Waals surface area contributed by atoms with Gasteiger partial charge in [0.2, 0.25) is 11.8 Å². The van der Waals surface area contributed by atoms with E-state index in [1.165, 1.54) is 0 Å². The zero-order valence-electron chi connectivity index (χ0n) is 14.5. The fourth-order valence-electron chi connectivity index (χ4n) is 3.14. The van der Waals surface area contributed by atoms with Gasteiger partial charge in [0, 0.05) is 5.69 Å². The molecule has 0 aromatic heterocycles. The van der Waals surface area contributed by atoms with E-state index in [0.29, 0.717) is 23.6 Å². The molecule has 0 bridgehead atoms. The van der Waals surface area contributed by atoms with Gasteiger partial charge in [-0.3, -0.25) is 9.59 Å². The van der Waals surface area contributed by atoms with E-state index in [2.05, 4.69) is 10.6 Å². The first-order valence-corrected chi connectivity index (χ1v) is 9.00. The molecule has 2 aromatic rings. The summed E-state index contributed by atoms with van der Waals surface area (Å²) >= 11 is 6.12. The summed E-state index contributed by atoms with van der Waals surface area (Å²) in [5.41, 5.74) is 2.38. The van der Waals surface area contributed by atoms with Crippen molar-refractivity contribution < 1.29 is 9.59 Å². The Balaban J connectivity index is 1.73. The Morgan fingerprint density at radius 2 is 1.58 bits per heavy atom. The highest BCUT2D eigenvalue weighted by molar-refractivity contribution is 6.33. The minimum Gasteiger partial charge on any atom is -0.326 e. The number of anilines is 2. The molecule has 0 saturated heterocycles. The largest absolute Gasteiger partial charge is 0.326 e. The number of carbonyl (C=O) groups excluding carboxylic acids is 2. The van der Waals surface area contributed by atoms with Crippen LogP contribution in [0.1, 0.15) is 18.4 Å². The number of hydrogen-bond acceptors (Lipinski definition) is 2. The molecule has 5 heteroatoms. The SMILES string of the molecule is Cc1cccc(NC(=O)C2CC=CCC2C(=O)Nc2ccccc2Cl)c1. The lowest BCUT2D eigenvalue weighted by molar-refractivity contribution is -0.129. The van der Waals surface area contributed by atoms with Crippen molar-refractivity contribution >= 4 is 34.8 Å². The second-order valence-electron chi connectivity index (χ2n) is 6.48. The summed E-state index contributed by atoms with van der Waals surface area (Å²) in [6.45, 7) is 1.97. The molecule has 3 rings (SSSR count). The van der Waals surface area contributed by atoms with Crippen molar-refractivity contribution in [2.75, 3.05) is 10.6 Å². The highest BCUT2D eigenvalue weighted by Crippen LogP contribution is 2.29. The molecular formula is C21H21ClN2O2. The van der Waals surface area contributed by atoms with Crippen LogP contribution in [0.3, 0.4) is 0 Å². The number of allylic oxidation sites excluding steroid dienone is 2. The number of amides is 2. The van der Waals surface area contributed by atoms with Gasteiger partial charge in [-0.1, -0.05) is 48.0 Å². The topological polar surface area (TPSA) is 58.2 Å². The average Bonchev–Trinajstić information content (AvgIpc) is 2.63. The Morgan fingerprint density at radius 1 is 0.923 bits per heavy atom. The average molecular weight is 369 g/mol. The molecule has 0 spiro atoms. The second-order valence-corrected chi connectivity index (χ2v) is 6.89. The summed E-state index contributed by atoms with van der Waals surface area (Å²) in [5.74, 6) is -1.17. The molecule has 26 heavy (non-hydrogen) atoms. The predicted octanol–water partition coefficient (Wildman–Crippen LogP) is 4.81. The number of para-hydroxylation sites is 1. The van der Waals surface area contributed by atoms with E-state index in [1.807, 2.05) is 49.4 Å². The van der Waals surface area contributed by atoms with E-state index >= 15 is 0 Å². The van der Waals surface area contributed by atoms with Gasteiger partial charge < -0.3 is 10.6 Å². The molecule has 2 aromatic carbocycles. The molecule has 0 fully saturated rings. The molecule has 2 amide bonds. The van der Waals surface area contributed by atoms with Crippen molar-refractivity contribution in [2.24, 2.45) is 11.8 Å². The molecular weight excluding hydrogens is 348 g/mol. The number of benzene rings is 2. The molecule has 0 heterocycles. The Morgan fingerprint density at radius 3 is 2.23 bits per heavy atom. The van der Waals surface area contributed by atoms with Crippen LogP contribution >= 0.6 is 11.6 Å². The molecule has 134 valence electrons. The minimum atomic E-state index is -0.430. The van der Waals surface area contributed by atoms with E-state index in [-0.39, 0.29) is 11.8 Å². The summed E-state index contributed by atoms with van der Waals surface area (Å²) in [4.78, 5) is 25.5. The fraction of sp³-hybridized carbons (Fsp3) is 0.238. The van der Waals surface area contributed by atoms with Crippen LogP contribution in [-0.2, 0) is 9.59 Å². The summed E-state index contributed by atoms with van der Waals surface area (Å²) in [6, 6.07) is 14.7. The van der Waals surface area contributed by atoms with E-state index in [1.54, 1.807) is 18.2 Å². The van der Waals surface area contributed by atoms with E-state index in [0.717, 1.165) is 11.3 Å². The molecule has 4 nitrogen and oxygen atoms in total. The normalized spacial score (nSPS) is 19.0. The van der Waals surface area contributed by atoms with Crippen LogP contribution in [0.15, 0.2) is 60.7 Å². The van der Waals surface area contributed by atoms with Gasteiger partial charge in [-0.25, -0.2) is 0 Å². The predicted molar refractivity (Wildman–Crippen MR) is 105 cm³/mol. The highest BCUT2D eigenvalue weighted by Gasteiger charge is 2.34. The number of halogens is 1. The van der Waals surface area contributed by atoms with E-state index in [4.69, 9.17) is 11.6 Å². The van der Waals surface area contributed by atoms with E-state index in [9.17, 15) is 9.59 Å². The Hall–Kier alpha value is -2.59. The first kappa shape index (κ1) is 18.2. The van der Waals surface area contributed by atoms with Crippen LogP contribution in [0.5, 0.6) is 0 Å². The van der Waals surface area contributed by atoms with Crippen molar-refractivity contribution in [1.29, 1.82) is 0 Å². The summed E-state index contributed by atoms with van der Waals surface area (Å²) in [6.07, 6.45) is 4.98. The summed E-state index contributed by atoms with van der Waals surface area (Å²) < 4.78 is 0. The first-order chi connectivity index (χ1) is 12.5. The second kappa shape index (κ2) is 8.19. The smallest absolute Gasteiger partial charge is 0.228 e. The molecule has 0 radical (unpaired) electrons. The monoisotopic (exact) mass is 368 g/mol. The van der Waals surface area contributed by atoms with Crippen molar-refractivity contribution in [3.8, 4) is 0 Å². The summed E-state index contributed by atoms with van der Waals surface area (Å²) in [7, 11) is 0. The van der Waals surface area contributed by atoms with Crippen LogP contribution in [0.4, 0.5) is 11.4 Å². The van der Waals surface area contributed by atoms with Gasteiger partial charge in [-0.15, -0.1) is 0 Å². The number of hydrogen-bond donors (Lipinski definition) is 2. The number of nitrogens with one attached hydrogen (secondary N) is 2. The van der Waals surface area contributed by atoms with Crippen LogP contribution in [0.2, 0.25) is 5.02 Å².